The number of hydrogen-bond acceptors (Lipinski definition) is 5. The molecule has 0 radical (unpaired) electrons. The van der Waals surface area contributed by atoms with Gasteiger partial charge in [-0.1, -0.05) is 64.8 Å². The quantitative estimate of drug-likeness (QED) is 0.305. The van der Waals surface area contributed by atoms with Crippen molar-refractivity contribution in [2.45, 2.75) is 77.8 Å². The molecule has 0 aliphatic rings. The summed E-state index contributed by atoms with van der Waals surface area (Å²) < 4.78 is 40.6. The van der Waals surface area contributed by atoms with E-state index in [2.05, 4.69) is 33.9 Å². The Hall–Kier alpha value is -3.17. The Morgan fingerprint density at radius 1 is 1.00 bits per heavy atom. The lowest BCUT2D eigenvalue weighted by atomic mass is 10.1. The number of aromatic nitrogens is 2. The van der Waals surface area contributed by atoms with Gasteiger partial charge in [0.1, 0.15) is 11.6 Å². The minimum Gasteiger partial charge on any atom is -0.355 e. The fraction of sp³-hybridized carbons (Fsp3) is 0.393. The molecule has 3 rings (SSSR count). The topological polar surface area (TPSA) is 101 Å². The fourth-order valence-electron chi connectivity index (χ4n) is 3.45. The number of carbonyl (C=O) groups excluding carboxylic acids is 1. The van der Waals surface area contributed by atoms with Crippen LogP contribution >= 0.6 is 0 Å². The molecule has 7 nitrogen and oxygen atoms in total. The first kappa shape index (κ1) is 31.9. The number of benzene rings is 2. The molecule has 1 heterocycles. The lowest BCUT2D eigenvalue weighted by molar-refractivity contribution is -0.109. The van der Waals surface area contributed by atoms with Gasteiger partial charge in [0.2, 0.25) is 16.4 Å². The maximum atomic E-state index is 12.7. The van der Waals surface area contributed by atoms with Crippen LogP contribution in [0.3, 0.4) is 0 Å². The average molecular weight is 531 g/mol. The number of halogens is 1. The standard InChI is InChI=1S/C18H25N3O2S.C8H8FNO.C2H6/c1-4-7-16(8-5-2)21-24(22,23)17-10-6-9-15(13-17)18-11-12-19-14(3)20-18;9-8-3-1-7(2-4-8)5-10-6-11;1-2/h6,9-13,16,21H,4-5,7-8H2,1-3H3;1-4,6H,5H2,(H,10,11);1-2H3. The molecule has 1 amide bonds. The van der Waals surface area contributed by atoms with Crippen molar-refractivity contribution >= 4 is 16.4 Å². The third-order valence-corrected chi connectivity index (χ3v) is 6.63. The van der Waals surface area contributed by atoms with Crippen molar-refractivity contribution in [3.05, 3.63) is 78.0 Å². The Bertz CT molecular complexity index is 1170. The molecule has 2 aromatic carbocycles. The Balaban J connectivity index is 0.000000439. The summed E-state index contributed by atoms with van der Waals surface area (Å²) in [5.74, 6) is 0.393. The number of hydrogen-bond donors (Lipinski definition) is 2. The average Bonchev–Trinajstić information content (AvgIpc) is 2.90. The third kappa shape index (κ3) is 11.6. The Morgan fingerprint density at radius 2 is 1.65 bits per heavy atom. The van der Waals surface area contributed by atoms with Gasteiger partial charge >= 0.3 is 0 Å². The number of carbonyl (C=O) groups is 1. The number of nitrogens with zero attached hydrogens (tertiary/aromatic N) is 2. The van der Waals surface area contributed by atoms with E-state index < -0.39 is 10.0 Å². The molecule has 0 fully saturated rings. The zero-order chi connectivity index (χ0) is 27.7. The van der Waals surface area contributed by atoms with Gasteiger partial charge in [0, 0.05) is 24.3 Å². The van der Waals surface area contributed by atoms with Gasteiger partial charge in [-0.15, -0.1) is 0 Å². The van der Waals surface area contributed by atoms with Gasteiger partial charge in [-0.05, 0) is 55.7 Å². The number of rotatable bonds is 11. The minimum absolute atomic E-state index is 0.0186. The van der Waals surface area contributed by atoms with E-state index in [1.807, 2.05) is 26.8 Å². The van der Waals surface area contributed by atoms with Crippen molar-refractivity contribution in [2.75, 3.05) is 0 Å². The number of sulfonamides is 1. The van der Waals surface area contributed by atoms with Crippen LogP contribution in [0.1, 0.15) is 64.8 Å². The molecule has 0 atom stereocenters. The van der Waals surface area contributed by atoms with Gasteiger partial charge < -0.3 is 5.32 Å². The van der Waals surface area contributed by atoms with E-state index in [4.69, 9.17) is 0 Å². The largest absolute Gasteiger partial charge is 0.355 e. The first-order valence-corrected chi connectivity index (χ1v) is 14.1. The van der Waals surface area contributed by atoms with E-state index in [0.29, 0.717) is 18.8 Å². The maximum absolute atomic E-state index is 12.7. The number of nitrogens with one attached hydrogen (secondary N) is 2. The molecule has 0 aliphatic heterocycles. The molecule has 1 aromatic heterocycles. The van der Waals surface area contributed by atoms with E-state index in [9.17, 15) is 17.6 Å². The summed E-state index contributed by atoms with van der Waals surface area (Å²) in [7, 11) is -3.54. The van der Waals surface area contributed by atoms with Crippen LogP contribution in [0.2, 0.25) is 0 Å². The van der Waals surface area contributed by atoms with Crippen molar-refractivity contribution in [3.8, 4) is 11.3 Å². The summed E-state index contributed by atoms with van der Waals surface area (Å²) in [5.41, 5.74) is 2.38. The van der Waals surface area contributed by atoms with Crippen molar-refractivity contribution in [1.29, 1.82) is 0 Å². The molecule has 0 bridgehead atoms. The van der Waals surface area contributed by atoms with Crippen molar-refractivity contribution in [1.82, 2.24) is 20.0 Å². The molecule has 37 heavy (non-hydrogen) atoms. The van der Waals surface area contributed by atoms with Crippen molar-refractivity contribution in [2.24, 2.45) is 0 Å². The van der Waals surface area contributed by atoms with Crippen LogP contribution in [0, 0.1) is 12.7 Å². The predicted molar refractivity (Wildman–Crippen MR) is 147 cm³/mol. The second kappa shape index (κ2) is 17.3. The SMILES string of the molecule is CC.CCCC(CCC)NS(=O)(=O)c1cccc(-c2ccnc(C)n2)c1.O=CNCc1ccc(F)cc1. The summed E-state index contributed by atoms with van der Waals surface area (Å²) in [4.78, 5) is 18.6. The molecule has 0 saturated heterocycles. The molecule has 0 unspecified atom stereocenters. The van der Waals surface area contributed by atoms with Gasteiger partial charge in [-0.2, -0.15) is 0 Å². The molecule has 2 N–H and O–H groups in total. The highest BCUT2D eigenvalue weighted by molar-refractivity contribution is 7.89. The van der Waals surface area contributed by atoms with Gasteiger partial charge in [-0.3, -0.25) is 4.79 Å². The highest BCUT2D eigenvalue weighted by Crippen LogP contribution is 2.21. The predicted octanol–water partition coefficient (Wildman–Crippen LogP) is 5.80. The van der Waals surface area contributed by atoms with Crippen LogP contribution in [0.25, 0.3) is 11.3 Å². The lowest BCUT2D eigenvalue weighted by Gasteiger charge is -2.17. The third-order valence-electron chi connectivity index (χ3n) is 5.12. The smallest absolute Gasteiger partial charge is 0.240 e. The van der Waals surface area contributed by atoms with Gasteiger partial charge in [0.05, 0.1) is 10.6 Å². The van der Waals surface area contributed by atoms with Gasteiger partial charge in [0.25, 0.3) is 0 Å². The minimum atomic E-state index is -3.54. The number of aryl methyl sites for hydroxylation is 1. The molecular weight excluding hydrogens is 491 g/mol. The summed E-state index contributed by atoms with van der Waals surface area (Å²) in [5, 5.41) is 2.48. The van der Waals surface area contributed by atoms with Gasteiger partial charge in [0.15, 0.2) is 0 Å². The van der Waals surface area contributed by atoms with E-state index in [1.54, 1.807) is 42.6 Å². The number of amides is 1. The normalized spacial score (nSPS) is 10.6. The van der Waals surface area contributed by atoms with E-state index in [-0.39, 0.29) is 16.8 Å². The Morgan fingerprint density at radius 3 is 2.22 bits per heavy atom. The highest BCUT2D eigenvalue weighted by Gasteiger charge is 2.19. The van der Waals surface area contributed by atoms with Gasteiger partial charge in [-0.25, -0.2) is 27.5 Å². The van der Waals surface area contributed by atoms with Crippen molar-refractivity contribution < 1.29 is 17.6 Å². The zero-order valence-corrected chi connectivity index (χ0v) is 23.2. The highest BCUT2D eigenvalue weighted by atomic mass is 32.2. The summed E-state index contributed by atoms with van der Waals surface area (Å²) >= 11 is 0. The molecule has 0 aliphatic carbocycles. The first-order chi connectivity index (χ1) is 17.8. The molecule has 0 saturated carbocycles. The monoisotopic (exact) mass is 530 g/mol. The van der Waals surface area contributed by atoms with Crippen LogP contribution in [-0.4, -0.2) is 30.8 Å². The summed E-state index contributed by atoms with van der Waals surface area (Å²) in [6.45, 7) is 10.4. The van der Waals surface area contributed by atoms with Crippen LogP contribution in [-0.2, 0) is 21.4 Å². The molecular formula is C28H39FN4O3S. The molecule has 202 valence electrons. The summed E-state index contributed by atoms with van der Waals surface area (Å²) in [6, 6.07) is 14.6. The van der Waals surface area contributed by atoms with E-state index >= 15 is 0 Å². The summed E-state index contributed by atoms with van der Waals surface area (Å²) in [6.07, 6.45) is 5.88. The van der Waals surface area contributed by atoms with Crippen LogP contribution in [0.4, 0.5) is 4.39 Å². The van der Waals surface area contributed by atoms with Crippen molar-refractivity contribution in [3.63, 3.8) is 0 Å². The second-order valence-corrected chi connectivity index (χ2v) is 9.75. The lowest BCUT2D eigenvalue weighted by Crippen LogP contribution is -2.34. The Labute approximate surface area is 221 Å². The first-order valence-electron chi connectivity index (χ1n) is 12.6. The molecule has 9 heteroatoms. The molecule has 0 spiro atoms. The van der Waals surface area contributed by atoms with E-state index in [0.717, 1.165) is 42.5 Å². The zero-order valence-electron chi connectivity index (χ0n) is 22.4. The maximum Gasteiger partial charge on any atom is 0.240 e. The second-order valence-electron chi connectivity index (χ2n) is 8.04. The van der Waals surface area contributed by atoms with E-state index in [1.165, 1.54) is 12.1 Å². The molecule has 3 aromatic rings. The van der Waals surface area contributed by atoms with Crippen LogP contribution in [0.15, 0.2) is 65.7 Å². The Kier molecular flexibility index (Phi) is 14.9. The fourth-order valence-corrected chi connectivity index (χ4v) is 4.80. The van der Waals surface area contributed by atoms with Crippen LogP contribution < -0.4 is 10.0 Å². The van der Waals surface area contributed by atoms with Crippen LogP contribution in [0.5, 0.6) is 0 Å².